The zero-order valence-corrected chi connectivity index (χ0v) is 16.1. The van der Waals surface area contributed by atoms with Gasteiger partial charge in [0.2, 0.25) is 0 Å². The highest BCUT2D eigenvalue weighted by Crippen LogP contribution is 2.73. The number of aliphatic hydroxyl groups is 1. The predicted molar refractivity (Wildman–Crippen MR) is 97.2 cm³/mol. The SMILES string of the molecule is C#C[C@@]1(O)CC[C@H]2[C@@H]3CC[C@@]45CC(OC)(OC)CC[C@@]4(O5)C3=CC[C@@]21C. The molecule has 0 amide bonds. The van der Waals surface area contributed by atoms with Crippen molar-refractivity contribution < 1.29 is 19.3 Å². The van der Waals surface area contributed by atoms with Gasteiger partial charge in [0.15, 0.2) is 5.79 Å². The number of ether oxygens (including phenoxy) is 3. The zero-order valence-electron chi connectivity index (χ0n) is 16.1. The van der Waals surface area contributed by atoms with Crippen LogP contribution in [0.2, 0.25) is 0 Å². The number of methoxy groups -OCH3 is 2. The van der Waals surface area contributed by atoms with Gasteiger partial charge in [-0.2, -0.15) is 0 Å². The Bertz CT molecular complexity index is 718. The Labute approximate surface area is 156 Å². The molecule has 0 aromatic rings. The van der Waals surface area contributed by atoms with Crippen LogP contribution in [0.1, 0.15) is 58.3 Å². The quantitative estimate of drug-likeness (QED) is 0.356. The van der Waals surface area contributed by atoms with E-state index in [9.17, 15) is 5.11 Å². The third kappa shape index (κ3) is 1.72. The average Bonchev–Trinajstić information content (AvgIpc) is 3.27. The maximum Gasteiger partial charge on any atom is 0.170 e. The molecule has 5 rings (SSSR count). The Morgan fingerprint density at radius 2 is 1.96 bits per heavy atom. The summed E-state index contributed by atoms with van der Waals surface area (Å²) in [6, 6.07) is 0. The highest BCUT2D eigenvalue weighted by Gasteiger charge is 2.79. The molecule has 4 heteroatoms. The van der Waals surface area contributed by atoms with Crippen molar-refractivity contribution in [3.8, 4) is 12.3 Å². The Hall–Kier alpha value is -0.860. The van der Waals surface area contributed by atoms with Crippen molar-refractivity contribution in [3.05, 3.63) is 11.6 Å². The van der Waals surface area contributed by atoms with Gasteiger partial charge in [0.05, 0.1) is 0 Å². The van der Waals surface area contributed by atoms with Gasteiger partial charge >= 0.3 is 0 Å². The van der Waals surface area contributed by atoms with Crippen molar-refractivity contribution in [2.75, 3.05) is 14.2 Å². The molecule has 0 bridgehead atoms. The Kier molecular flexibility index (Phi) is 3.28. The molecule has 3 saturated carbocycles. The molecule has 1 aliphatic heterocycles. The van der Waals surface area contributed by atoms with Crippen LogP contribution < -0.4 is 0 Å². The summed E-state index contributed by atoms with van der Waals surface area (Å²) in [6.07, 6.45) is 15.5. The molecule has 0 spiro atoms. The van der Waals surface area contributed by atoms with Crippen molar-refractivity contribution in [2.45, 2.75) is 80.9 Å². The summed E-state index contributed by atoms with van der Waals surface area (Å²) < 4.78 is 18.1. The van der Waals surface area contributed by atoms with E-state index in [0.29, 0.717) is 11.8 Å². The molecule has 4 nitrogen and oxygen atoms in total. The molecule has 1 saturated heterocycles. The molecule has 0 aromatic carbocycles. The molecule has 0 radical (unpaired) electrons. The fourth-order valence-electron chi connectivity index (χ4n) is 7.27. The van der Waals surface area contributed by atoms with Gasteiger partial charge in [-0.25, -0.2) is 0 Å². The smallest absolute Gasteiger partial charge is 0.170 e. The van der Waals surface area contributed by atoms with Crippen molar-refractivity contribution >= 4 is 0 Å². The van der Waals surface area contributed by atoms with E-state index in [1.165, 1.54) is 5.57 Å². The van der Waals surface area contributed by atoms with E-state index in [1.807, 2.05) is 0 Å². The van der Waals surface area contributed by atoms with Crippen molar-refractivity contribution in [3.63, 3.8) is 0 Å². The molecule has 5 aliphatic rings. The summed E-state index contributed by atoms with van der Waals surface area (Å²) in [4.78, 5) is 0. The zero-order chi connectivity index (χ0) is 18.4. The largest absolute Gasteiger partial charge is 0.377 e. The van der Waals surface area contributed by atoms with Crippen molar-refractivity contribution in [2.24, 2.45) is 17.3 Å². The van der Waals surface area contributed by atoms with Crippen molar-refractivity contribution in [1.29, 1.82) is 0 Å². The molecule has 0 unspecified atom stereocenters. The molecule has 1 heterocycles. The number of allylic oxidation sites excluding steroid dienone is 1. The summed E-state index contributed by atoms with van der Waals surface area (Å²) in [5, 5.41) is 11.1. The number of fused-ring (bicyclic) bond motifs is 3. The summed E-state index contributed by atoms with van der Waals surface area (Å²) in [7, 11) is 3.48. The van der Waals surface area contributed by atoms with Crippen molar-refractivity contribution in [1.82, 2.24) is 0 Å². The van der Waals surface area contributed by atoms with Gasteiger partial charge in [0, 0.05) is 32.5 Å². The first-order valence-electron chi connectivity index (χ1n) is 10.0. The fourth-order valence-corrected chi connectivity index (χ4v) is 7.27. The van der Waals surface area contributed by atoms with Crippen LogP contribution in [-0.4, -0.2) is 41.9 Å². The Morgan fingerprint density at radius 1 is 1.19 bits per heavy atom. The molecular formula is C22H30O4. The van der Waals surface area contributed by atoms with E-state index in [0.717, 1.165) is 51.4 Å². The topological polar surface area (TPSA) is 51.2 Å². The monoisotopic (exact) mass is 358 g/mol. The number of hydrogen-bond acceptors (Lipinski definition) is 4. The lowest BCUT2D eigenvalue weighted by atomic mass is 9.53. The van der Waals surface area contributed by atoms with Crippen LogP contribution in [0.3, 0.4) is 0 Å². The van der Waals surface area contributed by atoms with E-state index in [1.54, 1.807) is 14.2 Å². The molecule has 142 valence electrons. The molecule has 1 N–H and O–H groups in total. The summed E-state index contributed by atoms with van der Waals surface area (Å²) in [5.41, 5.74) is 0.0832. The third-order valence-corrected chi connectivity index (χ3v) is 9.00. The minimum atomic E-state index is -0.968. The lowest BCUT2D eigenvalue weighted by Crippen LogP contribution is -2.54. The Balaban J connectivity index is 1.50. The van der Waals surface area contributed by atoms with Gasteiger partial charge in [-0.15, -0.1) is 6.42 Å². The van der Waals surface area contributed by atoms with Crippen LogP contribution in [0, 0.1) is 29.6 Å². The normalized spacial score (nSPS) is 53.4. The van der Waals surface area contributed by atoms with Crippen LogP contribution >= 0.6 is 0 Å². The van der Waals surface area contributed by atoms with Gasteiger partial charge in [0.1, 0.15) is 16.8 Å². The minimum Gasteiger partial charge on any atom is -0.377 e. The highest BCUT2D eigenvalue weighted by atomic mass is 16.7. The van der Waals surface area contributed by atoms with Gasteiger partial charge in [-0.1, -0.05) is 18.9 Å². The standard InChI is InChI=1S/C22H30O4/c1-5-19(23)10-8-16-15-6-11-20-14-21(24-3,25-4)12-13-22(20,26-20)17(15)7-9-18(16,19)2/h1,7,15-16,23H,6,8-14H2,2-4H3/t15-,16-,18-,19+,20+,22+/m0/s1. The third-order valence-electron chi connectivity index (χ3n) is 9.00. The number of terminal acetylenes is 1. The first-order valence-corrected chi connectivity index (χ1v) is 10.0. The molecule has 4 fully saturated rings. The molecule has 6 atom stereocenters. The van der Waals surface area contributed by atoms with Gasteiger partial charge in [-0.3, -0.25) is 0 Å². The second-order valence-electron chi connectivity index (χ2n) is 9.50. The van der Waals surface area contributed by atoms with E-state index in [-0.39, 0.29) is 16.6 Å². The number of epoxide rings is 1. The first-order chi connectivity index (χ1) is 12.3. The van der Waals surface area contributed by atoms with Crippen LogP contribution in [0.25, 0.3) is 0 Å². The molecule has 26 heavy (non-hydrogen) atoms. The van der Waals surface area contributed by atoms with E-state index < -0.39 is 11.4 Å². The van der Waals surface area contributed by atoms with Crippen LogP contribution in [0.15, 0.2) is 11.6 Å². The first kappa shape index (κ1) is 17.3. The van der Waals surface area contributed by atoms with Gasteiger partial charge < -0.3 is 19.3 Å². The maximum atomic E-state index is 11.1. The van der Waals surface area contributed by atoms with Gasteiger partial charge in [0.25, 0.3) is 0 Å². The van der Waals surface area contributed by atoms with E-state index in [4.69, 9.17) is 20.6 Å². The predicted octanol–water partition coefficient (Wildman–Crippen LogP) is 3.19. The lowest BCUT2D eigenvalue weighted by Gasteiger charge is -2.51. The molecule has 0 aromatic heterocycles. The van der Waals surface area contributed by atoms with Crippen LogP contribution in [0.4, 0.5) is 0 Å². The number of rotatable bonds is 2. The van der Waals surface area contributed by atoms with E-state index >= 15 is 0 Å². The highest BCUT2D eigenvalue weighted by molar-refractivity contribution is 5.44. The second-order valence-corrected chi connectivity index (χ2v) is 9.50. The second kappa shape index (κ2) is 4.94. The van der Waals surface area contributed by atoms with Gasteiger partial charge in [-0.05, 0) is 55.9 Å². The maximum absolute atomic E-state index is 11.1. The minimum absolute atomic E-state index is 0.116. The number of hydrogen-bond donors (Lipinski definition) is 1. The molecule has 4 aliphatic carbocycles. The summed E-state index contributed by atoms with van der Waals surface area (Å²) in [6.45, 7) is 2.20. The lowest BCUT2D eigenvalue weighted by molar-refractivity contribution is -0.229. The van der Waals surface area contributed by atoms with Crippen LogP contribution in [-0.2, 0) is 14.2 Å². The Morgan fingerprint density at radius 3 is 2.65 bits per heavy atom. The van der Waals surface area contributed by atoms with E-state index in [2.05, 4.69) is 18.9 Å². The average molecular weight is 358 g/mol. The fraction of sp³-hybridized carbons (Fsp3) is 0.818. The summed E-state index contributed by atoms with van der Waals surface area (Å²) in [5.74, 6) is 3.18. The molecular weight excluding hydrogens is 328 g/mol. The summed E-state index contributed by atoms with van der Waals surface area (Å²) >= 11 is 0. The van der Waals surface area contributed by atoms with Crippen LogP contribution in [0.5, 0.6) is 0 Å².